The van der Waals surface area contributed by atoms with Crippen LogP contribution in [0.1, 0.15) is 41.0 Å². The molecule has 0 aromatic heterocycles. The fraction of sp³-hybridized carbons (Fsp3) is 0.310. The van der Waals surface area contributed by atoms with E-state index in [1.807, 2.05) is 29.2 Å². The number of hydrogen-bond acceptors (Lipinski definition) is 7. The minimum absolute atomic E-state index is 0.0938. The second-order valence-electron chi connectivity index (χ2n) is 10.0. The van der Waals surface area contributed by atoms with Crippen molar-refractivity contribution < 1.29 is 19.2 Å². The molecule has 1 amide bonds. The molecule has 0 radical (unpaired) electrons. The van der Waals surface area contributed by atoms with E-state index in [2.05, 4.69) is 11.4 Å². The number of benzene rings is 3. The van der Waals surface area contributed by atoms with E-state index in [1.165, 1.54) is 7.11 Å². The van der Waals surface area contributed by atoms with Gasteiger partial charge >= 0.3 is 0 Å². The zero-order valence-electron chi connectivity index (χ0n) is 21.1. The Labute approximate surface area is 230 Å². The number of para-hydroxylation sites is 1. The van der Waals surface area contributed by atoms with Gasteiger partial charge in [0, 0.05) is 34.3 Å². The van der Waals surface area contributed by atoms with Gasteiger partial charge in [0.15, 0.2) is 17.0 Å². The fourth-order valence-electron chi connectivity index (χ4n) is 6.75. The quantitative estimate of drug-likeness (QED) is 0.348. The molecule has 10 heteroatoms. The highest BCUT2D eigenvalue weighted by molar-refractivity contribution is 6.32. The number of fused-ring (bicyclic) bond motifs is 4. The summed E-state index contributed by atoms with van der Waals surface area (Å²) in [4.78, 5) is 28.2. The first-order valence-electron chi connectivity index (χ1n) is 12.7. The molecule has 2 fully saturated rings. The molecule has 3 aromatic carbocycles. The van der Waals surface area contributed by atoms with Crippen LogP contribution in [0.5, 0.6) is 11.5 Å². The van der Waals surface area contributed by atoms with Crippen LogP contribution < -0.4 is 14.8 Å². The van der Waals surface area contributed by atoms with Gasteiger partial charge in [0.1, 0.15) is 6.61 Å². The normalized spacial score (nSPS) is 25.2. The second-order valence-corrected chi connectivity index (χ2v) is 10.4. The Morgan fingerprint density at radius 1 is 1.23 bits per heavy atom. The summed E-state index contributed by atoms with van der Waals surface area (Å²) in [6, 6.07) is 18.4. The van der Waals surface area contributed by atoms with Gasteiger partial charge < -0.3 is 14.8 Å². The van der Waals surface area contributed by atoms with Gasteiger partial charge in [0.2, 0.25) is 0 Å². The molecule has 198 valence electrons. The molecule has 0 unspecified atom stereocenters. The SMILES string of the molecule is COc1cc([C@H]2[C@H]([N+](=O)[O-])[C@]3(C(=O)Nc4ccccc43)N3CCC[C@@H]23)cc(Cl)c1OCc1ccccc1C#N. The molecule has 2 saturated heterocycles. The Morgan fingerprint density at radius 3 is 2.77 bits per heavy atom. The number of halogens is 1. The number of carbonyl (C=O) groups is 1. The van der Waals surface area contributed by atoms with Crippen molar-refractivity contribution in [3.8, 4) is 17.6 Å². The monoisotopic (exact) mass is 544 g/mol. The van der Waals surface area contributed by atoms with Crippen molar-refractivity contribution in [3.63, 3.8) is 0 Å². The zero-order chi connectivity index (χ0) is 27.3. The van der Waals surface area contributed by atoms with Gasteiger partial charge in [-0.2, -0.15) is 5.26 Å². The summed E-state index contributed by atoms with van der Waals surface area (Å²) in [6.45, 7) is 0.675. The number of nitriles is 1. The largest absolute Gasteiger partial charge is 0.493 e. The van der Waals surface area contributed by atoms with Crippen molar-refractivity contribution in [3.05, 3.63) is 98.1 Å². The summed E-state index contributed by atoms with van der Waals surface area (Å²) in [5, 5.41) is 25.4. The molecule has 6 rings (SSSR count). The molecular weight excluding hydrogens is 520 g/mol. The Kier molecular flexibility index (Phi) is 6.17. The average Bonchev–Trinajstić information content (AvgIpc) is 3.60. The lowest BCUT2D eigenvalue weighted by Gasteiger charge is -2.32. The van der Waals surface area contributed by atoms with Crippen molar-refractivity contribution in [2.75, 3.05) is 19.0 Å². The molecule has 3 aliphatic rings. The summed E-state index contributed by atoms with van der Waals surface area (Å²) in [6.07, 6.45) is 1.54. The number of rotatable bonds is 6. The van der Waals surface area contributed by atoms with E-state index in [9.17, 15) is 20.2 Å². The molecule has 3 aromatic rings. The number of nitrogens with one attached hydrogen (secondary N) is 1. The van der Waals surface area contributed by atoms with Gasteiger partial charge in [0.25, 0.3) is 11.9 Å². The first-order valence-corrected chi connectivity index (χ1v) is 13.1. The third kappa shape index (κ3) is 3.67. The smallest absolute Gasteiger partial charge is 0.256 e. The van der Waals surface area contributed by atoms with Crippen LogP contribution in [0.25, 0.3) is 0 Å². The van der Waals surface area contributed by atoms with E-state index in [0.29, 0.717) is 40.2 Å². The third-order valence-electron chi connectivity index (χ3n) is 8.24. The van der Waals surface area contributed by atoms with E-state index < -0.39 is 17.5 Å². The topological polar surface area (TPSA) is 118 Å². The second kappa shape index (κ2) is 9.56. The van der Waals surface area contributed by atoms with E-state index >= 15 is 0 Å². The Bertz CT molecular complexity index is 1540. The molecular formula is C29H25ClN4O5. The Hall–Kier alpha value is -4.13. The van der Waals surface area contributed by atoms with Crippen LogP contribution in [0.2, 0.25) is 5.02 Å². The van der Waals surface area contributed by atoms with Gasteiger partial charge in [-0.1, -0.05) is 48.0 Å². The van der Waals surface area contributed by atoms with Crippen LogP contribution >= 0.6 is 11.6 Å². The number of carbonyl (C=O) groups excluding carboxylic acids is 1. The maximum Gasteiger partial charge on any atom is 0.256 e. The molecule has 3 aliphatic heterocycles. The third-order valence-corrected chi connectivity index (χ3v) is 8.52. The van der Waals surface area contributed by atoms with Crippen LogP contribution in [0.3, 0.4) is 0 Å². The molecule has 4 atom stereocenters. The summed E-state index contributed by atoms with van der Waals surface area (Å²) >= 11 is 6.73. The lowest BCUT2D eigenvalue weighted by atomic mass is 9.77. The van der Waals surface area contributed by atoms with Crippen LogP contribution in [0.4, 0.5) is 5.69 Å². The van der Waals surface area contributed by atoms with Gasteiger partial charge in [-0.05, 0) is 42.7 Å². The Morgan fingerprint density at radius 2 is 2.00 bits per heavy atom. The van der Waals surface area contributed by atoms with E-state index in [1.54, 1.807) is 36.4 Å². The van der Waals surface area contributed by atoms with E-state index in [-0.39, 0.29) is 34.3 Å². The summed E-state index contributed by atoms with van der Waals surface area (Å²) in [5.41, 5.74) is 1.64. The lowest BCUT2D eigenvalue weighted by molar-refractivity contribution is -0.534. The number of ether oxygens (including phenoxy) is 2. The lowest BCUT2D eigenvalue weighted by Crippen LogP contribution is -2.55. The summed E-state index contributed by atoms with van der Waals surface area (Å²) in [5.74, 6) is -0.364. The van der Waals surface area contributed by atoms with E-state index in [0.717, 1.165) is 12.8 Å². The minimum atomic E-state index is -1.41. The van der Waals surface area contributed by atoms with Crippen molar-refractivity contribution in [2.24, 2.45) is 0 Å². The first-order chi connectivity index (χ1) is 18.9. The Balaban J connectivity index is 1.43. The molecule has 1 spiro atoms. The molecule has 9 nitrogen and oxygen atoms in total. The molecule has 39 heavy (non-hydrogen) atoms. The van der Waals surface area contributed by atoms with Gasteiger partial charge in [-0.15, -0.1) is 0 Å². The number of nitro groups is 1. The van der Waals surface area contributed by atoms with Crippen LogP contribution in [-0.2, 0) is 16.9 Å². The highest BCUT2D eigenvalue weighted by Gasteiger charge is 2.73. The van der Waals surface area contributed by atoms with Gasteiger partial charge in [-0.3, -0.25) is 19.8 Å². The standard InChI is InChI=1S/C29H25ClN4O5/c1-38-24-14-19(13-21(30)26(24)39-16-18-8-3-2-7-17(18)15-31)25-23-11-6-12-33(23)29(27(25)34(36)37)20-9-4-5-10-22(20)32-28(29)35/h2-5,7-10,13-14,23,25,27H,6,11-12,16H2,1H3,(H,32,35)/t23-,25+,27-,29+/m0/s1. The number of hydrogen-bond donors (Lipinski definition) is 1. The molecule has 0 saturated carbocycles. The molecule has 1 N–H and O–H groups in total. The van der Waals surface area contributed by atoms with Gasteiger partial charge in [-0.25, -0.2) is 0 Å². The number of anilines is 1. The number of nitrogens with zero attached hydrogens (tertiary/aromatic N) is 3. The average molecular weight is 545 g/mol. The summed E-state index contributed by atoms with van der Waals surface area (Å²) < 4.78 is 11.6. The van der Waals surface area contributed by atoms with Crippen molar-refractivity contribution >= 4 is 23.2 Å². The minimum Gasteiger partial charge on any atom is -0.493 e. The molecule has 0 aliphatic carbocycles. The number of methoxy groups -OCH3 is 1. The molecule has 0 bridgehead atoms. The van der Waals surface area contributed by atoms with E-state index in [4.69, 9.17) is 21.1 Å². The summed E-state index contributed by atoms with van der Waals surface area (Å²) in [7, 11) is 1.48. The van der Waals surface area contributed by atoms with Gasteiger partial charge in [0.05, 0.1) is 29.7 Å². The molecule has 3 heterocycles. The van der Waals surface area contributed by atoms with Crippen LogP contribution in [0, 0.1) is 21.4 Å². The highest BCUT2D eigenvalue weighted by Crippen LogP contribution is 2.58. The maximum absolute atomic E-state index is 13.7. The number of amides is 1. The maximum atomic E-state index is 13.7. The predicted molar refractivity (Wildman–Crippen MR) is 143 cm³/mol. The zero-order valence-corrected chi connectivity index (χ0v) is 21.9. The first kappa shape index (κ1) is 25.2. The predicted octanol–water partition coefficient (Wildman–Crippen LogP) is 4.85. The fourth-order valence-corrected chi connectivity index (χ4v) is 7.03. The van der Waals surface area contributed by atoms with Crippen molar-refractivity contribution in [1.29, 1.82) is 5.26 Å². The van der Waals surface area contributed by atoms with Crippen LogP contribution in [-0.4, -0.2) is 41.5 Å². The van der Waals surface area contributed by atoms with Crippen LogP contribution in [0.15, 0.2) is 60.7 Å². The highest BCUT2D eigenvalue weighted by atomic mass is 35.5. The van der Waals surface area contributed by atoms with Crippen molar-refractivity contribution in [2.45, 2.75) is 43.0 Å². The van der Waals surface area contributed by atoms with Crippen molar-refractivity contribution in [1.82, 2.24) is 4.90 Å².